The maximum Gasteiger partial charge on any atom is 0.310 e. The summed E-state index contributed by atoms with van der Waals surface area (Å²) in [6.07, 6.45) is 3.35. The Hall–Kier alpha value is -3.92. The predicted molar refractivity (Wildman–Crippen MR) is 181 cm³/mol. The summed E-state index contributed by atoms with van der Waals surface area (Å²) in [6, 6.07) is 11.2. The van der Waals surface area contributed by atoms with Gasteiger partial charge in [0.25, 0.3) is 5.91 Å². The molecule has 10 heteroatoms. The summed E-state index contributed by atoms with van der Waals surface area (Å²) in [5.74, 6) is 0.561. The number of benzene rings is 2. The second kappa shape index (κ2) is 15.5. The molecule has 10 nitrogen and oxygen atoms in total. The topological polar surface area (TPSA) is 123 Å². The van der Waals surface area contributed by atoms with Crippen molar-refractivity contribution in [3.63, 3.8) is 0 Å². The Labute approximate surface area is 284 Å². The molecule has 0 spiro atoms. The number of hydrogen-bond acceptors (Lipinski definition) is 7. The Morgan fingerprint density at radius 2 is 1.73 bits per heavy atom. The average Bonchev–Trinajstić information content (AvgIpc) is 3.67. The van der Waals surface area contributed by atoms with E-state index in [4.69, 9.17) is 14.2 Å². The Bertz CT molecular complexity index is 1450. The van der Waals surface area contributed by atoms with E-state index < -0.39 is 30.4 Å². The Morgan fingerprint density at radius 1 is 1.02 bits per heavy atom. The van der Waals surface area contributed by atoms with Crippen molar-refractivity contribution in [2.75, 3.05) is 6.54 Å². The van der Waals surface area contributed by atoms with Gasteiger partial charge in [-0.15, -0.1) is 0 Å². The van der Waals surface area contributed by atoms with Gasteiger partial charge in [-0.05, 0) is 93.0 Å². The van der Waals surface area contributed by atoms with Crippen LogP contribution in [0, 0.1) is 31.6 Å². The van der Waals surface area contributed by atoms with Gasteiger partial charge in [-0.25, -0.2) is 0 Å². The summed E-state index contributed by atoms with van der Waals surface area (Å²) in [6.45, 7) is 12.8. The lowest BCUT2D eigenvalue weighted by molar-refractivity contribution is -0.191. The van der Waals surface area contributed by atoms with Crippen molar-refractivity contribution in [3.05, 3.63) is 64.7 Å². The smallest absolute Gasteiger partial charge is 0.310 e. The fourth-order valence-corrected chi connectivity index (χ4v) is 7.43. The van der Waals surface area contributed by atoms with Crippen LogP contribution in [0.3, 0.4) is 0 Å². The van der Waals surface area contributed by atoms with Gasteiger partial charge in [0.15, 0.2) is 0 Å². The number of carbonyl (C=O) groups is 4. The lowest BCUT2D eigenvalue weighted by Gasteiger charge is -2.39. The molecule has 5 rings (SSSR count). The van der Waals surface area contributed by atoms with Crippen LogP contribution in [-0.4, -0.2) is 65.7 Å². The molecule has 2 saturated heterocycles. The molecule has 2 N–H and O–H groups in total. The van der Waals surface area contributed by atoms with Crippen molar-refractivity contribution >= 4 is 23.7 Å². The highest BCUT2D eigenvalue weighted by molar-refractivity contribution is 5.99. The van der Waals surface area contributed by atoms with Gasteiger partial charge in [0.05, 0.1) is 12.5 Å². The van der Waals surface area contributed by atoms with Crippen molar-refractivity contribution in [1.29, 1.82) is 0 Å². The van der Waals surface area contributed by atoms with Crippen LogP contribution in [0.15, 0.2) is 42.5 Å². The second-order valence-corrected chi connectivity index (χ2v) is 14.3. The van der Waals surface area contributed by atoms with Crippen molar-refractivity contribution in [3.8, 4) is 5.75 Å². The number of aryl methyl sites for hydroxylation is 2. The summed E-state index contributed by atoms with van der Waals surface area (Å²) in [5.41, 5.74) is 3.12. The van der Waals surface area contributed by atoms with Crippen LogP contribution in [0.25, 0.3) is 0 Å². The number of nitrogens with one attached hydrogen (secondary N) is 2. The number of ether oxygens (including phenoxy) is 3. The molecule has 3 fully saturated rings. The lowest BCUT2D eigenvalue weighted by atomic mass is 9.75. The van der Waals surface area contributed by atoms with Crippen LogP contribution >= 0.6 is 0 Å². The van der Waals surface area contributed by atoms with Crippen LogP contribution in [0.5, 0.6) is 5.75 Å². The third-order valence-electron chi connectivity index (χ3n) is 10.1. The molecular formula is C38H51N3O7. The summed E-state index contributed by atoms with van der Waals surface area (Å²) in [7, 11) is 0. The van der Waals surface area contributed by atoms with Crippen LogP contribution in [0.4, 0.5) is 0 Å². The van der Waals surface area contributed by atoms with E-state index in [2.05, 4.69) is 31.4 Å². The third kappa shape index (κ3) is 8.38. The molecular weight excluding hydrogens is 610 g/mol. The molecule has 2 unspecified atom stereocenters. The van der Waals surface area contributed by atoms with Crippen molar-refractivity contribution in [2.45, 2.75) is 117 Å². The van der Waals surface area contributed by atoms with E-state index in [1.165, 1.54) is 4.90 Å². The number of nitrogens with zero attached hydrogens (tertiary/aromatic N) is 1. The Balaban J connectivity index is 1.18. The quantitative estimate of drug-likeness (QED) is 0.317. The number of hydrogen-bond donors (Lipinski definition) is 2. The molecule has 0 radical (unpaired) electrons. The molecule has 48 heavy (non-hydrogen) atoms. The highest BCUT2D eigenvalue weighted by atomic mass is 16.7. The van der Waals surface area contributed by atoms with E-state index in [1.54, 1.807) is 19.1 Å². The maximum absolute atomic E-state index is 13.6. The van der Waals surface area contributed by atoms with Crippen LogP contribution in [-0.2, 0) is 30.5 Å². The standard InChI is InChI=1S/C38H51N3O7/c1-22(2)29-15-14-23(3)17-32(29)47-38-30(20-33(42)48-38)40-36(44)31-13-10-16-41(31)37(45)26(6)39-35(43)28-18-24(4)34(25(5)19-28)46-21-27-11-8-7-9-12-27/h7-9,11-12,18-19,22-23,26,29-32,38H,10,13-17,20-21H2,1-6H3,(H,39,43)(H,40,44)/t23-,26+,29+,30?,31+,32-,38?/m1/s1. The number of likely N-dealkylation sites (tertiary alicyclic amines) is 1. The molecule has 0 aromatic heterocycles. The predicted octanol–water partition coefficient (Wildman–Crippen LogP) is 5.23. The summed E-state index contributed by atoms with van der Waals surface area (Å²) in [4.78, 5) is 54.3. The fourth-order valence-electron chi connectivity index (χ4n) is 7.43. The van der Waals surface area contributed by atoms with Crippen molar-refractivity contribution < 1.29 is 33.4 Å². The highest BCUT2D eigenvalue weighted by Crippen LogP contribution is 2.37. The van der Waals surface area contributed by atoms with Gasteiger partial charge in [0, 0.05) is 12.1 Å². The van der Waals surface area contributed by atoms with Crippen molar-refractivity contribution in [2.24, 2.45) is 17.8 Å². The van der Waals surface area contributed by atoms with Gasteiger partial charge in [-0.2, -0.15) is 0 Å². The number of carbonyl (C=O) groups excluding carboxylic acids is 4. The number of esters is 1. The average molecular weight is 662 g/mol. The Kier molecular flexibility index (Phi) is 11.5. The first-order chi connectivity index (χ1) is 22.9. The zero-order valence-corrected chi connectivity index (χ0v) is 29.1. The first-order valence-corrected chi connectivity index (χ1v) is 17.5. The van der Waals surface area contributed by atoms with E-state index >= 15 is 0 Å². The molecule has 0 bridgehead atoms. The molecule has 3 aliphatic rings. The van der Waals surface area contributed by atoms with Gasteiger partial charge in [0.1, 0.15) is 30.5 Å². The minimum absolute atomic E-state index is 0.0209. The minimum Gasteiger partial charge on any atom is -0.488 e. The lowest BCUT2D eigenvalue weighted by Crippen LogP contribution is -2.55. The monoisotopic (exact) mass is 661 g/mol. The van der Waals surface area contributed by atoms with E-state index in [0.29, 0.717) is 49.3 Å². The van der Waals surface area contributed by atoms with Gasteiger partial charge in [-0.1, -0.05) is 57.5 Å². The second-order valence-electron chi connectivity index (χ2n) is 14.3. The van der Waals surface area contributed by atoms with E-state index in [-0.39, 0.29) is 30.2 Å². The highest BCUT2D eigenvalue weighted by Gasteiger charge is 2.44. The first-order valence-electron chi connectivity index (χ1n) is 17.5. The first kappa shape index (κ1) is 35.4. The van der Waals surface area contributed by atoms with Gasteiger partial charge >= 0.3 is 5.97 Å². The SMILES string of the molecule is Cc1cc(C(=O)N[C@@H](C)C(=O)N2CCC[C@H]2C(=O)NC2CC(=O)OC2O[C@@H]2C[C@H](C)CC[C@H]2C(C)C)cc(C)c1OCc1ccccc1. The van der Waals surface area contributed by atoms with Crippen LogP contribution < -0.4 is 15.4 Å². The van der Waals surface area contributed by atoms with E-state index in [1.807, 2.05) is 44.2 Å². The molecule has 3 amide bonds. The van der Waals surface area contributed by atoms with Crippen molar-refractivity contribution in [1.82, 2.24) is 15.5 Å². The molecule has 2 aromatic rings. The van der Waals surface area contributed by atoms with Gasteiger partial charge in [-0.3, -0.25) is 19.2 Å². The summed E-state index contributed by atoms with van der Waals surface area (Å²) in [5, 5.41) is 5.80. The van der Waals surface area contributed by atoms with Gasteiger partial charge < -0.3 is 29.7 Å². The zero-order valence-electron chi connectivity index (χ0n) is 29.1. The van der Waals surface area contributed by atoms with Crippen LogP contribution in [0.2, 0.25) is 0 Å². The number of rotatable bonds is 11. The van der Waals surface area contributed by atoms with E-state index in [0.717, 1.165) is 41.7 Å². The molecule has 7 atom stereocenters. The van der Waals surface area contributed by atoms with Crippen LogP contribution in [0.1, 0.15) is 93.3 Å². The van der Waals surface area contributed by atoms with E-state index in [9.17, 15) is 19.2 Å². The number of amides is 3. The normalized spacial score (nSPS) is 26.2. The molecule has 2 heterocycles. The molecule has 260 valence electrons. The molecule has 1 aliphatic carbocycles. The minimum atomic E-state index is -0.858. The molecule has 2 aromatic carbocycles. The number of cyclic esters (lactones) is 1. The van der Waals surface area contributed by atoms with Gasteiger partial charge in [0.2, 0.25) is 18.1 Å². The zero-order chi connectivity index (χ0) is 34.5. The maximum atomic E-state index is 13.6. The fraction of sp³-hybridized carbons (Fsp3) is 0.579. The molecule has 2 aliphatic heterocycles. The largest absolute Gasteiger partial charge is 0.488 e. The Morgan fingerprint density at radius 3 is 2.42 bits per heavy atom. The molecule has 1 saturated carbocycles. The summed E-state index contributed by atoms with van der Waals surface area (Å²) >= 11 is 0. The third-order valence-corrected chi connectivity index (χ3v) is 10.1. The summed E-state index contributed by atoms with van der Waals surface area (Å²) < 4.78 is 18.0.